The Morgan fingerprint density at radius 1 is 1.05 bits per heavy atom. The predicted octanol–water partition coefficient (Wildman–Crippen LogP) is 4.06. The van der Waals surface area contributed by atoms with Crippen molar-refractivity contribution in [2.75, 3.05) is 0 Å². The lowest BCUT2D eigenvalue weighted by molar-refractivity contribution is 0.303. The van der Waals surface area contributed by atoms with E-state index in [2.05, 4.69) is 39.0 Å². The summed E-state index contributed by atoms with van der Waals surface area (Å²) in [5, 5.41) is 9.03. The van der Waals surface area contributed by atoms with E-state index in [1.54, 1.807) is 6.07 Å². The summed E-state index contributed by atoms with van der Waals surface area (Å²) in [6.45, 7) is 6.77. The third kappa shape index (κ3) is 2.95. The molecule has 0 atom stereocenters. The Labute approximate surface area is 114 Å². The van der Waals surface area contributed by atoms with Gasteiger partial charge in [0.2, 0.25) is 0 Å². The lowest BCUT2D eigenvalue weighted by atomic mass is 10.0. The summed E-state index contributed by atoms with van der Waals surface area (Å²) < 4.78 is 5.79. The quantitative estimate of drug-likeness (QED) is 0.824. The van der Waals surface area contributed by atoms with E-state index in [1.165, 1.54) is 22.3 Å². The number of aryl methyl sites for hydroxylation is 3. The highest BCUT2D eigenvalue weighted by Gasteiger charge is 2.07. The van der Waals surface area contributed by atoms with Gasteiger partial charge in [0.15, 0.2) is 0 Å². The molecule has 19 heavy (non-hydrogen) atoms. The third-order valence-corrected chi connectivity index (χ3v) is 3.22. The van der Waals surface area contributed by atoms with Crippen molar-refractivity contribution in [3.63, 3.8) is 0 Å². The second kappa shape index (κ2) is 5.58. The molecular formula is C17H17NO. The van der Waals surface area contributed by atoms with Crippen LogP contribution in [0.25, 0.3) is 0 Å². The number of para-hydroxylation sites is 1. The summed E-state index contributed by atoms with van der Waals surface area (Å²) in [4.78, 5) is 0. The van der Waals surface area contributed by atoms with Gasteiger partial charge in [-0.2, -0.15) is 5.26 Å². The molecule has 0 fully saturated rings. The minimum atomic E-state index is 0.497. The summed E-state index contributed by atoms with van der Waals surface area (Å²) in [5.74, 6) is 0.643. The molecule has 2 aromatic carbocycles. The van der Waals surface area contributed by atoms with Crippen molar-refractivity contribution in [2.45, 2.75) is 27.4 Å². The van der Waals surface area contributed by atoms with E-state index in [-0.39, 0.29) is 0 Å². The molecule has 96 valence electrons. The van der Waals surface area contributed by atoms with Crippen LogP contribution < -0.4 is 4.74 Å². The SMILES string of the molecule is Cc1cc(C)c(COc2ccccc2C#N)c(C)c1. The van der Waals surface area contributed by atoms with Crippen LogP contribution in [0, 0.1) is 32.1 Å². The maximum atomic E-state index is 9.03. The average Bonchev–Trinajstić information content (AvgIpc) is 2.38. The highest BCUT2D eigenvalue weighted by molar-refractivity contribution is 5.43. The van der Waals surface area contributed by atoms with Crippen molar-refractivity contribution in [2.24, 2.45) is 0 Å². The van der Waals surface area contributed by atoms with E-state index in [0.29, 0.717) is 17.9 Å². The molecule has 2 heteroatoms. The van der Waals surface area contributed by atoms with E-state index in [9.17, 15) is 0 Å². The molecule has 0 unspecified atom stereocenters. The van der Waals surface area contributed by atoms with Gasteiger partial charge in [-0.1, -0.05) is 29.8 Å². The molecule has 0 saturated heterocycles. The maximum Gasteiger partial charge on any atom is 0.137 e. The fourth-order valence-corrected chi connectivity index (χ4v) is 2.27. The van der Waals surface area contributed by atoms with E-state index < -0.39 is 0 Å². The first-order valence-corrected chi connectivity index (χ1v) is 6.30. The first kappa shape index (κ1) is 13.2. The van der Waals surface area contributed by atoms with E-state index >= 15 is 0 Å². The van der Waals surface area contributed by atoms with Crippen molar-refractivity contribution in [3.8, 4) is 11.8 Å². The normalized spacial score (nSPS) is 10.0. The van der Waals surface area contributed by atoms with Gasteiger partial charge in [0.05, 0.1) is 5.56 Å². The smallest absolute Gasteiger partial charge is 0.137 e. The zero-order chi connectivity index (χ0) is 13.8. The van der Waals surface area contributed by atoms with E-state index in [0.717, 1.165) is 0 Å². The van der Waals surface area contributed by atoms with Crippen LogP contribution >= 0.6 is 0 Å². The summed E-state index contributed by atoms with van der Waals surface area (Å²) >= 11 is 0. The molecule has 0 saturated carbocycles. The molecule has 0 aliphatic rings. The van der Waals surface area contributed by atoms with Gasteiger partial charge in [-0.05, 0) is 49.6 Å². The van der Waals surface area contributed by atoms with E-state index in [4.69, 9.17) is 10.00 Å². The monoisotopic (exact) mass is 251 g/mol. The Hall–Kier alpha value is -2.27. The number of benzene rings is 2. The molecule has 0 aromatic heterocycles. The zero-order valence-electron chi connectivity index (χ0n) is 11.5. The lowest BCUT2D eigenvalue weighted by Crippen LogP contribution is -2.02. The predicted molar refractivity (Wildman–Crippen MR) is 76.1 cm³/mol. The summed E-state index contributed by atoms with van der Waals surface area (Å²) in [7, 11) is 0. The van der Waals surface area contributed by atoms with Crippen molar-refractivity contribution >= 4 is 0 Å². The van der Waals surface area contributed by atoms with Crippen LogP contribution in [-0.4, -0.2) is 0 Å². The van der Waals surface area contributed by atoms with Crippen molar-refractivity contribution in [3.05, 3.63) is 64.2 Å². The summed E-state index contributed by atoms with van der Waals surface area (Å²) in [5.41, 5.74) is 5.48. The molecule has 0 bridgehead atoms. The summed E-state index contributed by atoms with van der Waals surface area (Å²) in [6, 6.07) is 13.8. The lowest BCUT2D eigenvalue weighted by Gasteiger charge is -2.13. The molecule has 0 radical (unpaired) electrons. The molecule has 2 nitrogen and oxygen atoms in total. The number of hydrogen-bond acceptors (Lipinski definition) is 2. The molecule has 0 aliphatic carbocycles. The molecule has 0 spiro atoms. The fraction of sp³-hybridized carbons (Fsp3) is 0.235. The molecular weight excluding hydrogens is 234 g/mol. The number of nitrogens with zero attached hydrogens (tertiary/aromatic N) is 1. The van der Waals surface area contributed by atoms with Gasteiger partial charge in [0, 0.05) is 0 Å². The highest BCUT2D eigenvalue weighted by Crippen LogP contribution is 2.21. The standard InChI is InChI=1S/C17H17NO/c1-12-8-13(2)16(14(3)9-12)11-19-17-7-5-4-6-15(17)10-18/h4-9H,11H2,1-3H3. The van der Waals surface area contributed by atoms with Gasteiger partial charge in [-0.15, -0.1) is 0 Å². The van der Waals surface area contributed by atoms with Gasteiger partial charge in [0.1, 0.15) is 18.4 Å². The minimum absolute atomic E-state index is 0.497. The molecule has 0 aliphatic heterocycles. The van der Waals surface area contributed by atoms with Crippen LogP contribution in [0.1, 0.15) is 27.8 Å². The Kier molecular flexibility index (Phi) is 3.87. The van der Waals surface area contributed by atoms with Crippen molar-refractivity contribution in [1.82, 2.24) is 0 Å². The Bertz CT molecular complexity index is 615. The first-order chi connectivity index (χ1) is 9.11. The molecule has 0 amide bonds. The van der Waals surface area contributed by atoms with Gasteiger partial charge in [-0.25, -0.2) is 0 Å². The number of rotatable bonds is 3. The minimum Gasteiger partial charge on any atom is -0.488 e. The first-order valence-electron chi connectivity index (χ1n) is 6.30. The number of hydrogen-bond donors (Lipinski definition) is 0. The van der Waals surface area contributed by atoms with Crippen LogP contribution in [-0.2, 0) is 6.61 Å². The van der Waals surface area contributed by atoms with Crippen LogP contribution in [0.4, 0.5) is 0 Å². The van der Waals surface area contributed by atoms with Crippen molar-refractivity contribution in [1.29, 1.82) is 5.26 Å². The van der Waals surface area contributed by atoms with E-state index in [1.807, 2.05) is 18.2 Å². The Morgan fingerprint density at radius 3 is 2.32 bits per heavy atom. The molecule has 0 N–H and O–H groups in total. The van der Waals surface area contributed by atoms with Crippen LogP contribution in [0.5, 0.6) is 5.75 Å². The van der Waals surface area contributed by atoms with Crippen LogP contribution in [0.3, 0.4) is 0 Å². The second-order valence-electron chi connectivity index (χ2n) is 4.77. The Balaban J connectivity index is 2.22. The third-order valence-electron chi connectivity index (χ3n) is 3.22. The maximum absolute atomic E-state index is 9.03. The zero-order valence-corrected chi connectivity index (χ0v) is 11.5. The van der Waals surface area contributed by atoms with Crippen LogP contribution in [0.2, 0.25) is 0 Å². The molecule has 2 rings (SSSR count). The fourth-order valence-electron chi connectivity index (χ4n) is 2.27. The van der Waals surface area contributed by atoms with Crippen molar-refractivity contribution < 1.29 is 4.74 Å². The number of ether oxygens (including phenoxy) is 1. The number of nitriles is 1. The Morgan fingerprint density at radius 2 is 1.68 bits per heavy atom. The van der Waals surface area contributed by atoms with Gasteiger partial charge in [-0.3, -0.25) is 0 Å². The molecule has 0 heterocycles. The van der Waals surface area contributed by atoms with Gasteiger partial charge in [0.25, 0.3) is 0 Å². The van der Waals surface area contributed by atoms with Gasteiger partial charge >= 0.3 is 0 Å². The largest absolute Gasteiger partial charge is 0.488 e. The molecule has 2 aromatic rings. The highest BCUT2D eigenvalue weighted by atomic mass is 16.5. The van der Waals surface area contributed by atoms with Gasteiger partial charge < -0.3 is 4.74 Å². The van der Waals surface area contributed by atoms with Crippen LogP contribution in [0.15, 0.2) is 36.4 Å². The average molecular weight is 251 g/mol. The topological polar surface area (TPSA) is 33.0 Å². The second-order valence-corrected chi connectivity index (χ2v) is 4.77. The summed E-state index contributed by atoms with van der Waals surface area (Å²) in [6.07, 6.45) is 0.